The maximum atomic E-state index is 12.7. The van der Waals surface area contributed by atoms with Gasteiger partial charge in [-0.05, 0) is 19.3 Å². The Morgan fingerprint density at radius 3 is 1.52 bits per heavy atom. The van der Waals surface area contributed by atoms with Crippen molar-refractivity contribution in [1.29, 1.82) is 0 Å². The first-order valence-electron chi connectivity index (χ1n) is 10.2. The molecule has 11 heteroatoms. The van der Waals surface area contributed by atoms with Crippen molar-refractivity contribution in [2.75, 3.05) is 46.2 Å². The summed E-state index contributed by atoms with van der Waals surface area (Å²) in [4.78, 5) is 22.4. The predicted molar refractivity (Wildman–Crippen MR) is 107 cm³/mol. The minimum Gasteiger partial charge on any atom is -0.434 e. The molecular formula is C18H36NO9P. The van der Waals surface area contributed by atoms with Gasteiger partial charge in [0.15, 0.2) is 0 Å². The van der Waals surface area contributed by atoms with Crippen LogP contribution in [-0.4, -0.2) is 58.5 Å². The van der Waals surface area contributed by atoms with Crippen molar-refractivity contribution in [2.45, 2.75) is 59.3 Å². The molecule has 10 nitrogen and oxygen atoms in total. The summed E-state index contributed by atoms with van der Waals surface area (Å²) in [6.45, 7) is 7.21. The highest BCUT2D eigenvalue weighted by Gasteiger charge is 2.23. The van der Waals surface area contributed by atoms with Crippen molar-refractivity contribution < 1.29 is 42.1 Å². The van der Waals surface area contributed by atoms with Crippen LogP contribution in [0.5, 0.6) is 0 Å². The molecule has 0 aliphatic carbocycles. The van der Waals surface area contributed by atoms with E-state index in [-0.39, 0.29) is 26.4 Å². The lowest BCUT2D eigenvalue weighted by Gasteiger charge is -2.19. The Morgan fingerprint density at radius 1 is 0.655 bits per heavy atom. The molecular weight excluding hydrogens is 405 g/mol. The normalized spacial score (nSPS) is 11.1. The highest BCUT2D eigenvalue weighted by atomic mass is 31.2. The SMILES string of the molecule is CCCCNP(=O)(OCCCOC(=O)OCCC)OCCCOC(=O)OCCC. The third-order valence-corrected chi connectivity index (χ3v) is 4.88. The number of nitrogens with one attached hydrogen (secondary N) is 1. The Labute approximate surface area is 173 Å². The molecule has 0 aromatic carbocycles. The predicted octanol–water partition coefficient (Wildman–Crippen LogP) is 4.42. The minimum atomic E-state index is -3.51. The topological polar surface area (TPSA) is 119 Å². The van der Waals surface area contributed by atoms with Crippen molar-refractivity contribution >= 4 is 20.1 Å². The zero-order valence-corrected chi connectivity index (χ0v) is 18.7. The van der Waals surface area contributed by atoms with Gasteiger partial charge in [0.1, 0.15) is 0 Å². The molecule has 172 valence electrons. The third kappa shape index (κ3) is 17.2. The summed E-state index contributed by atoms with van der Waals surface area (Å²) in [5.74, 6) is 0. The summed E-state index contributed by atoms with van der Waals surface area (Å²) < 4.78 is 42.8. The van der Waals surface area contributed by atoms with E-state index >= 15 is 0 Å². The summed E-state index contributed by atoms with van der Waals surface area (Å²) in [5, 5.41) is 2.80. The van der Waals surface area contributed by atoms with E-state index in [9.17, 15) is 14.2 Å². The van der Waals surface area contributed by atoms with Gasteiger partial charge >= 0.3 is 20.1 Å². The molecule has 1 N–H and O–H groups in total. The van der Waals surface area contributed by atoms with Crippen LogP contribution in [-0.2, 0) is 32.6 Å². The first-order chi connectivity index (χ1) is 14.0. The van der Waals surface area contributed by atoms with Crippen LogP contribution < -0.4 is 5.09 Å². The zero-order valence-electron chi connectivity index (χ0n) is 17.8. The van der Waals surface area contributed by atoms with E-state index in [2.05, 4.69) is 5.09 Å². The quantitative estimate of drug-likeness (QED) is 0.186. The maximum Gasteiger partial charge on any atom is 0.508 e. The van der Waals surface area contributed by atoms with Gasteiger partial charge in [-0.3, -0.25) is 9.05 Å². The molecule has 0 fully saturated rings. The van der Waals surface area contributed by atoms with Gasteiger partial charge in [-0.2, -0.15) is 0 Å². The van der Waals surface area contributed by atoms with Crippen LogP contribution in [0.2, 0.25) is 0 Å². The molecule has 0 aromatic rings. The molecule has 0 unspecified atom stereocenters. The van der Waals surface area contributed by atoms with E-state index in [0.29, 0.717) is 45.4 Å². The second-order valence-electron chi connectivity index (χ2n) is 6.03. The van der Waals surface area contributed by atoms with Gasteiger partial charge < -0.3 is 18.9 Å². The van der Waals surface area contributed by atoms with Crippen molar-refractivity contribution in [3.8, 4) is 0 Å². The van der Waals surface area contributed by atoms with Crippen LogP contribution in [0.15, 0.2) is 0 Å². The second kappa shape index (κ2) is 18.7. The molecule has 0 saturated heterocycles. The number of hydrogen-bond acceptors (Lipinski definition) is 9. The summed E-state index contributed by atoms with van der Waals surface area (Å²) in [7, 11) is -3.51. The fourth-order valence-electron chi connectivity index (χ4n) is 1.77. The van der Waals surface area contributed by atoms with Crippen molar-refractivity contribution in [2.24, 2.45) is 0 Å². The van der Waals surface area contributed by atoms with Gasteiger partial charge in [-0.15, -0.1) is 0 Å². The zero-order chi connectivity index (χ0) is 21.8. The van der Waals surface area contributed by atoms with Crippen LogP contribution in [0.1, 0.15) is 59.3 Å². The van der Waals surface area contributed by atoms with E-state index in [1.54, 1.807) is 0 Å². The minimum absolute atomic E-state index is 0.0807. The molecule has 0 aliphatic heterocycles. The number of carbonyl (C=O) groups excluding carboxylic acids is 2. The Bertz CT molecular complexity index is 442. The molecule has 0 atom stereocenters. The number of carbonyl (C=O) groups is 2. The highest BCUT2D eigenvalue weighted by molar-refractivity contribution is 7.51. The molecule has 0 aromatic heterocycles. The lowest BCUT2D eigenvalue weighted by atomic mass is 10.3. The maximum absolute atomic E-state index is 12.7. The molecule has 0 amide bonds. The Balaban J connectivity index is 4.11. The van der Waals surface area contributed by atoms with E-state index in [0.717, 1.165) is 12.8 Å². The molecule has 0 spiro atoms. The standard InChI is InChI=1S/C18H36NO9P/c1-4-7-10-19-29(22,27-15-8-13-25-17(20)23-11-5-2)28-16-9-14-26-18(21)24-12-6-3/h4-16H2,1-3H3,(H,19,22). The number of rotatable bonds is 18. The van der Waals surface area contributed by atoms with Crippen molar-refractivity contribution in [1.82, 2.24) is 5.09 Å². The monoisotopic (exact) mass is 441 g/mol. The lowest BCUT2D eigenvalue weighted by Crippen LogP contribution is -2.18. The highest BCUT2D eigenvalue weighted by Crippen LogP contribution is 2.43. The summed E-state index contributed by atoms with van der Waals surface area (Å²) in [5.41, 5.74) is 0. The second-order valence-corrected chi connectivity index (χ2v) is 7.85. The average molecular weight is 441 g/mol. The molecule has 0 radical (unpaired) electrons. The number of unbranched alkanes of at least 4 members (excludes halogenated alkanes) is 1. The first kappa shape index (κ1) is 27.6. The van der Waals surface area contributed by atoms with E-state index in [1.165, 1.54) is 0 Å². The molecule has 0 bridgehead atoms. The molecule has 0 saturated carbocycles. The van der Waals surface area contributed by atoms with E-state index < -0.39 is 20.1 Å². The Hall–Kier alpha value is -1.35. The summed E-state index contributed by atoms with van der Waals surface area (Å²) >= 11 is 0. The third-order valence-electron chi connectivity index (χ3n) is 3.22. The largest absolute Gasteiger partial charge is 0.508 e. The van der Waals surface area contributed by atoms with Crippen LogP contribution in [0.25, 0.3) is 0 Å². The van der Waals surface area contributed by atoms with E-state index in [1.807, 2.05) is 20.8 Å². The molecule has 0 aliphatic rings. The molecule has 29 heavy (non-hydrogen) atoms. The summed E-state index contributed by atoms with van der Waals surface area (Å²) in [6.07, 6.45) is 2.39. The van der Waals surface area contributed by atoms with Crippen LogP contribution in [0.4, 0.5) is 9.59 Å². The van der Waals surface area contributed by atoms with Gasteiger partial charge in [-0.25, -0.2) is 19.2 Å². The first-order valence-corrected chi connectivity index (χ1v) is 11.7. The van der Waals surface area contributed by atoms with Gasteiger partial charge in [-0.1, -0.05) is 27.2 Å². The molecule has 0 heterocycles. The Kier molecular flexibility index (Phi) is 17.8. The fourth-order valence-corrected chi connectivity index (χ4v) is 3.20. The van der Waals surface area contributed by atoms with Crippen LogP contribution in [0, 0.1) is 0 Å². The lowest BCUT2D eigenvalue weighted by molar-refractivity contribution is 0.0505. The van der Waals surface area contributed by atoms with Crippen LogP contribution >= 0.6 is 7.75 Å². The summed E-state index contributed by atoms with van der Waals surface area (Å²) in [6, 6.07) is 0. The van der Waals surface area contributed by atoms with Crippen molar-refractivity contribution in [3.63, 3.8) is 0 Å². The van der Waals surface area contributed by atoms with Gasteiger partial charge in [0.25, 0.3) is 0 Å². The van der Waals surface area contributed by atoms with Gasteiger partial charge in [0, 0.05) is 19.4 Å². The average Bonchev–Trinajstić information content (AvgIpc) is 2.70. The van der Waals surface area contributed by atoms with Crippen molar-refractivity contribution in [3.05, 3.63) is 0 Å². The van der Waals surface area contributed by atoms with Crippen LogP contribution in [0.3, 0.4) is 0 Å². The van der Waals surface area contributed by atoms with Gasteiger partial charge in [0.2, 0.25) is 0 Å². The number of hydrogen-bond donors (Lipinski definition) is 1. The molecule has 0 rings (SSSR count). The fraction of sp³-hybridized carbons (Fsp3) is 0.889. The van der Waals surface area contributed by atoms with Gasteiger partial charge in [0.05, 0.1) is 39.6 Å². The Morgan fingerprint density at radius 2 is 1.10 bits per heavy atom. The number of ether oxygens (including phenoxy) is 4. The smallest absolute Gasteiger partial charge is 0.434 e. The van der Waals surface area contributed by atoms with E-state index in [4.69, 9.17) is 28.0 Å².